The van der Waals surface area contributed by atoms with Gasteiger partial charge in [0.25, 0.3) is 5.91 Å². The zero-order valence-corrected chi connectivity index (χ0v) is 20.7. The molecular formula is C30H29NO6. The van der Waals surface area contributed by atoms with Crippen molar-refractivity contribution in [2.45, 2.75) is 32.6 Å². The van der Waals surface area contributed by atoms with Crippen LogP contribution in [0, 0.1) is 0 Å². The van der Waals surface area contributed by atoms with Crippen molar-refractivity contribution in [3.05, 3.63) is 106 Å². The molecule has 0 bridgehead atoms. The van der Waals surface area contributed by atoms with Crippen molar-refractivity contribution < 1.29 is 23.5 Å². The summed E-state index contributed by atoms with van der Waals surface area (Å²) in [7, 11) is 0. The zero-order chi connectivity index (χ0) is 26.0. The van der Waals surface area contributed by atoms with E-state index in [1.807, 2.05) is 25.1 Å². The lowest BCUT2D eigenvalue weighted by atomic mass is 10.1. The van der Waals surface area contributed by atoms with E-state index in [1.54, 1.807) is 42.5 Å². The lowest BCUT2D eigenvalue weighted by Gasteiger charge is -2.10. The number of unbranched alkanes of at least 4 members (excludes halogenated alkanes) is 1. The summed E-state index contributed by atoms with van der Waals surface area (Å²) < 4.78 is 16.6. The Kier molecular flexibility index (Phi) is 8.70. The Morgan fingerprint density at radius 2 is 1.68 bits per heavy atom. The van der Waals surface area contributed by atoms with Crippen LogP contribution in [0.4, 0.5) is 5.69 Å². The van der Waals surface area contributed by atoms with Crippen molar-refractivity contribution in [3.63, 3.8) is 0 Å². The van der Waals surface area contributed by atoms with Crippen LogP contribution >= 0.6 is 0 Å². The second-order valence-corrected chi connectivity index (χ2v) is 8.56. The van der Waals surface area contributed by atoms with E-state index in [1.165, 1.54) is 5.56 Å². The SMILES string of the molecule is CCCOC(=O)c1cc(=O)c2cccc(NC(=O)c3ccc(OCCCCc4ccccc4)cc3)c2o1. The number of aryl methyl sites for hydroxylation is 1. The van der Waals surface area contributed by atoms with Crippen molar-refractivity contribution in [1.29, 1.82) is 0 Å². The summed E-state index contributed by atoms with van der Waals surface area (Å²) in [5.74, 6) is -0.637. The molecule has 1 heterocycles. The molecule has 0 aliphatic rings. The molecule has 0 saturated heterocycles. The number of para-hydroxylation sites is 1. The predicted molar refractivity (Wildman–Crippen MR) is 142 cm³/mol. The highest BCUT2D eigenvalue weighted by atomic mass is 16.5. The summed E-state index contributed by atoms with van der Waals surface area (Å²) in [5.41, 5.74) is 1.72. The third kappa shape index (κ3) is 6.85. The molecule has 0 atom stereocenters. The average Bonchev–Trinajstić information content (AvgIpc) is 2.92. The van der Waals surface area contributed by atoms with Crippen LogP contribution in [0.1, 0.15) is 52.7 Å². The van der Waals surface area contributed by atoms with Gasteiger partial charge in [-0.1, -0.05) is 43.3 Å². The van der Waals surface area contributed by atoms with Gasteiger partial charge in [0.1, 0.15) is 5.75 Å². The number of anilines is 1. The van der Waals surface area contributed by atoms with Crippen LogP contribution in [0.5, 0.6) is 5.75 Å². The molecular weight excluding hydrogens is 470 g/mol. The number of ether oxygens (including phenoxy) is 2. The number of esters is 1. The quantitative estimate of drug-likeness (QED) is 0.200. The predicted octanol–water partition coefficient (Wildman–Crippen LogP) is 6.01. The number of hydrogen-bond donors (Lipinski definition) is 1. The van der Waals surface area contributed by atoms with Crippen LogP contribution in [0.2, 0.25) is 0 Å². The minimum Gasteiger partial charge on any atom is -0.494 e. The molecule has 0 fully saturated rings. The van der Waals surface area contributed by atoms with Gasteiger partial charge in [-0.05, 0) is 67.6 Å². The van der Waals surface area contributed by atoms with Crippen molar-refractivity contribution >= 4 is 28.5 Å². The first-order valence-corrected chi connectivity index (χ1v) is 12.4. The maximum Gasteiger partial charge on any atom is 0.374 e. The minimum atomic E-state index is -0.724. The third-order valence-electron chi connectivity index (χ3n) is 5.73. The van der Waals surface area contributed by atoms with E-state index >= 15 is 0 Å². The van der Waals surface area contributed by atoms with Crippen LogP contribution in [0.15, 0.2) is 88.1 Å². The first kappa shape index (κ1) is 25.7. The first-order valence-electron chi connectivity index (χ1n) is 12.4. The third-order valence-corrected chi connectivity index (χ3v) is 5.73. The molecule has 190 valence electrons. The maximum absolute atomic E-state index is 12.9. The van der Waals surface area contributed by atoms with E-state index in [9.17, 15) is 14.4 Å². The van der Waals surface area contributed by atoms with E-state index in [-0.39, 0.29) is 34.9 Å². The van der Waals surface area contributed by atoms with Gasteiger partial charge in [0, 0.05) is 11.6 Å². The molecule has 0 saturated carbocycles. The van der Waals surface area contributed by atoms with E-state index in [4.69, 9.17) is 13.9 Å². The highest BCUT2D eigenvalue weighted by molar-refractivity contribution is 6.08. The number of amides is 1. The average molecular weight is 500 g/mol. The van der Waals surface area contributed by atoms with Crippen molar-refractivity contribution in [1.82, 2.24) is 0 Å². The largest absolute Gasteiger partial charge is 0.494 e. The van der Waals surface area contributed by atoms with Crippen LogP contribution in [0.25, 0.3) is 11.0 Å². The number of nitrogens with one attached hydrogen (secondary N) is 1. The van der Waals surface area contributed by atoms with Crippen LogP contribution < -0.4 is 15.5 Å². The lowest BCUT2D eigenvalue weighted by molar-refractivity contribution is 0.0469. The molecule has 1 amide bonds. The molecule has 0 aliphatic carbocycles. The lowest BCUT2D eigenvalue weighted by Crippen LogP contribution is -2.14. The van der Waals surface area contributed by atoms with Gasteiger partial charge in [-0.15, -0.1) is 0 Å². The Hall–Kier alpha value is -4.39. The molecule has 0 unspecified atom stereocenters. The molecule has 0 radical (unpaired) electrons. The topological polar surface area (TPSA) is 94.8 Å². The molecule has 3 aromatic carbocycles. The van der Waals surface area contributed by atoms with Gasteiger partial charge in [0.2, 0.25) is 5.76 Å². The molecule has 37 heavy (non-hydrogen) atoms. The molecule has 4 aromatic rings. The number of carbonyl (C=O) groups is 2. The summed E-state index contributed by atoms with van der Waals surface area (Å²) in [6, 6.07) is 23.1. The van der Waals surface area contributed by atoms with Gasteiger partial charge in [-0.25, -0.2) is 4.79 Å². The molecule has 7 nitrogen and oxygen atoms in total. The van der Waals surface area contributed by atoms with Gasteiger partial charge < -0.3 is 19.2 Å². The Morgan fingerprint density at radius 1 is 0.892 bits per heavy atom. The summed E-state index contributed by atoms with van der Waals surface area (Å²) in [5, 5.41) is 3.02. The van der Waals surface area contributed by atoms with Crippen molar-refractivity contribution in [3.8, 4) is 5.75 Å². The zero-order valence-electron chi connectivity index (χ0n) is 20.7. The number of carbonyl (C=O) groups excluding carboxylic acids is 2. The summed E-state index contributed by atoms with van der Waals surface area (Å²) in [6.45, 7) is 2.67. The number of hydrogen-bond acceptors (Lipinski definition) is 6. The Morgan fingerprint density at radius 3 is 2.43 bits per heavy atom. The van der Waals surface area contributed by atoms with Crippen LogP contribution in [-0.4, -0.2) is 25.1 Å². The second kappa shape index (κ2) is 12.5. The number of benzene rings is 3. The van der Waals surface area contributed by atoms with Gasteiger partial charge >= 0.3 is 5.97 Å². The Balaban J connectivity index is 1.37. The monoisotopic (exact) mass is 499 g/mol. The van der Waals surface area contributed by atoms with Crippen molar-refractivity contribution in [2.75, 3.05) is 18.5 Å². The maximum atomic E-state index is 12.9. The fraction of sp³-hybridized carbons (Fsp3) is 0.233. The van der Waals surface area contributed by atoms with E-state index in [2.05, 4.69) is 17.4 Å². The highest BCUT2D eigenvalue weighted by Crippen LogP contribution is 2.24. The van der Waals surface area contributed by atoms with Crippen LogP contribution in [-0.2, 0) is 11.2 Å². The molecule has 4 rings (SSSR count). The Bertz CT molecular complexity index is 1410. The van der Waals surface area contributed by atoms with Gasteiger partial charge in [0.05, 0.1) is 24.3 Å². The minimum absolute atomic E-state index is 0.113. The fourth-order valence-electron chi connectivity index (χ4n) is 3.81. The molecule has 1 aromatic heterocycles. The fourth-order valence-corrected chi connectivity index (χ4v) is 3.81. The van der Waals surface area contributed by atoms with E-state index in [0.717, 1.165) is 25.3 Å². The normalized spacial score (nSPS) is 10.7. The van der Waals surface area contributed by atoms with E-state index in [0.29, 0.717) is 24.3 Å². The highest BCUT2D eigenvalue weighted by Gasteiger charge is 2.17. The summed E-state index contributed by atoms with van der Waals surface area (Å²) in [6.07, 6.45) is 3.61. The standard InChI is InChI=1S/C30H29NO6/c1-2-18-36-30(34)27-20-26(32)24-12-8-13-25(28(24)37-27)31-29(33)22-14-16-23(17-15-22)35-19-7-6-11-21-9-4-3-5-10-21/h3-5,8-10,12-17,20H,2,6-7,11,18-19H2,1H3,(H,31,33). The molecule has 0 aliphatic heterocycles. The second-order valence-electron chi connectivity index (χ2n) is 8.56. The molecule has 7 heteroatoms. The summed E-state index contributed by atoms with van der Waals surface area (Å²) >= 11 is 0. The Labute approximate surface area is 215 Å². The molecule has 0 spiro atoms. The van der Waals surface area contributed by atoms with Gasteiger partial charge in [-0.3, -0.25) is 9.59 Å². The smallest absolute Gasteiger partial charge is 0.374 e. The number of fused-ring (bicyclic) bond motifs is 1. The summed E-state index contributed by atoms with van der Waals surface area (Å²) in [4.78, 5) is 37.6. The molecule has 1 N–H and O–H groups in total. The van der Waals surface area contributed by atoms with Gasteiger partial charge in [0.15, 0.2) is 11.0 Å². The first-order chi connectivity index (χ1) is 18.0. The number of rotatable bonds is 11. The van der Waals surface area contributed by atoms with E-state index < -0.39 is 11.4 Å². The van der Waals surface area contributed by atoms with Crippen LogP contribution in [0.3, 0.4) is 0 Å². The van der Waals surface area contributed by atoms with Crippen molar-refractivity contribution in [2.24, 2.45) is 0 Å². The van der Waals surface area contributed by atoms with Gasteiger partial charge in [-0.2, -0.15) is 0 Å².